The highest BCUT2D eigenvalue weighted by molar-refractivity contribution is 5.78. The zero-order chi connectivity index (χ0) is 12.1. The van der Waals surface area contributed by atoms with Gasteiger partial charge in [-0.15, -0.1) is 0 Å². The molecular weight excluding hydrogens is 200 g/mol. The Morgan fingerprint density at radius 3 is 2.25 bits per heavy atom. The molecule has 1 fully saturated rings. The third kappa shape index (κ3) is 3.78. The quantitative estimate of drug-likeness (QED) is 0.732. The highest BCUT2D eigenvalue weighted by Gasteiger charge is 2.24. The molecule has 0 aromatic heterocycles. The Morgan fingerprint density at radius 1 is 1.19 bits per heavy atom. The molecule has 0 spiro atoms. The molecule has 0 N–H and O–H groups in total. The molecule has 0 aromatic rings. The molecule has 3 nitrogen and oxygen atoms in total. The molecule has 0 saturated heterocycles. The van der Waals surface area contributed by atoms with E-state index in [0.717, 1.165) is 12.5 Å². The first-order valence-electron chi connectivity index (χ1n) is 6.48. The standard InChI is InChI=1S/C13H26N2O/c1-5-14(3)10-13(16)15(4)12-8-6-11(2)7-9-12/h11-12H,5-10H2,1-4H3. The average molecular weight is 226 g/mol. The minimum absolute atomic E-state index is 0.268. The molecule has 0 aliphatic heterocycles. The highest BCUT2D eigenvalue weighted by atomic mass is 16.2. The van der Waals surface area contributed by atoms with Gasteiger partial charge in [-0.3, -0.25) is 9.69 Å². The van der Waals surface area contributed by atoms with Crippen molar-refractivity contribution in [2.75, 3.05) is 27.2 Å². The van der Waals surface area contributed by atoms with Gasteiger partial charge in [0.2, 0.25) is 5.91 Å². The minimum atomic E-state index is 0.268. The molecule has 0 aromatic carbocycles. The summed E-state index contributed by atoms with van der Waals surface area (Å²) in [6.45, 7) is 5.87. The van der Waals surface area contributed by atoms with E-state index >= 15 is 0 Å². The molecular formula is C13H26N2O. The first-order valence-corrected chi connectivity index (χ1v) is 6.48. The van der Waals surface area contributed by atoms with Gasteiger partial charge in [0, 0.05) is 13.1 Å². The molecule has 1 amide bonds. The van der Waals surface area contributed by atoms with Crippen LogP contribution in [-0.2, 0) is 4.79 Å². The smallest absolute Gasteiger partial charge is 0.236 e. The fourth-order valence-electron chi connectivity index (χ4n) is 2.29. The van der Waals surface area contributed by atoms with E-state index in [2.05, 4.69) is 18.7 Å². The van der Waals surface area contributed by atoms with Crippen LogP contribution in [0.5, 0.6) is 0 Å². The summed E-state index contributed by atoms with van der Waals surface area (Å²) in [5, 5.41) is 0. The fraction of sp³-hybridized carbons (Fsp3) is 0.923. The second-order valence-corrected chi connectivity index (χ2v) is 5.25. The minimum Gasteiger partial charge on any atom is -0.342 e. The Hall–Kier alpha value is -0.570. The summed E-state index contributed by atoms with van der Waals surface area (Å²) in [6.07, 6.45) is 4.90. The van der Waals surface area contributed by atoms with Crippen molar-refractivity contribution in [1.29, 1.82) is 0 Å². The lowest BCUT2D eigenvalue weighted by atomic mass is 9.87. The van der Waals surface area contributed by atoms with Crippen molar-refractivity contribution < 1.29 is 4.79 Å². The van der Waals surface area contributed by atoms with E-state index in [4.69, 9.17) is 0 Å². The summed E-state index contributed by atoms with van der Waals surface area (Å²) < 4.78 is 0. The maximum absolute atomic E-state index is 12.0. The topological polar surface area (TPSA) is 23.6 Å². The third-order valence-corrected chi connectivity index (χ3v) is 3.87. The molecule has 1 saturated carbocycles. The summed E-state index contributed by atoms with van der Waals surface area (Å²) in [5.74, 6) is 1.11. The van der Waals surface area contributed by atoms with Crippen LogP contribution in [0, 0.1) is 5.92 Å². The molecule has 0 heterocycles. The van der Waals surface area contributed by atoms with Crippen molar-refractivity contribution in [3.8, 4) is 0 Å². The van der Waals surface area contributed by atoms with Gasteiger partial charge in [-0.25, -0.2) is 0 Å². The van der Waals surface area contributed by atoms with Crippen LogP contribution in [0.3, 0.4) is 0 Å². The summed E-state index contributed by atoms with van der Waals surface area (Å²) in [6, 6.07) is 0.481. The van der Waals surface area contributed by atoms with Gasteiger partial charge in [0.25, 0.3) is 0 Å². The molecule has 3 heteroatoms. The summed E-state index contributed by atoms with van der Waals surface area (Å²) in [7, 11) is 3.96. The molecule has 0 bridgehead atoms. The van der Waals surface area contributed by atoms with E-state index < -0.39 is 0 Å². The van der Waals surface area contributed by atoms with Crippen LogP contribution in [-0.4, -0.2) is 48.9 Å². The second kappa shape index (κ2) is 6.24. The van der Waals surface area contributed by atoms with Gasteiger partial charge in [-0.2, -0.15) is 0 Å². The number of carbonyl (C=O) groups excluding carboxylic acids is 1. The van der Waals surface area contributed by atoms with E-state index in [0.29, 0.717) is 12.6 Å². The number of hydrogen-bond donors (Lipinski definition) is 0. The SMILES string of the molecule is CCN(C)CC(=O)N(C)C1CCC(C)CC1. The fourth-order valence-corrected chi connectivity index (χ4v) is 2.29. The summed E-state index contributed by atoms with van der Waals surface area (Å²) in [5.41, 5.74) is 0. The van der Waals surface area contributed by atoms with Gasteiger partial charge in [0.15, 0.2) is 0 Å². The molecule has 0 atom stereocenters. The lowest BCUT2D eigenvalue weighted by Gasteiger charge is -2.34. The Labute approximate surface area is 99.8 Å². The Balaban J connectivity index is 2.38. The largest absolute Gasteiger partial charge is 0.342 e. The molecule has 1 aliphatic carbocycles. The molecule has 94 valence electrons. The van der Waals surface area contributed by atoms with Crippen molar-refractivity contribution in [2.45, 2.75) is 45.6 Å². The van der Waals surface area contributed by atoms with Crippen LogP contribution in [0.1, 0.15) is 39.5 Å². The second-order valence-electron chi connectivity index (χ2n) is 5.25. The van der Waals surface area contributed by atoms with E-state index in [1.807, 2.05) is 19.0 Å². The number of carbonyl (C=O) groups is 1. The molecule has 0 radical (unpaired) electrons. The predicted molar refractivity (Wildman–Crippen MR) is 67.4 cm³/mol. The van der Waals surface area contributed by atoms with Gasteiger partial charge in [0.1, 0.15) is 0 Å². The Bertz CT molecular complexity index is 222. The van der Waals surface area contributed by atoms with Crippen molar-refractivity contribution in [3.05, 3.63) is 0 Å². The van der Waals surface area contributed by atoms with Crippen LogP contribution in [0.4, 0.5) is 0 Å². The van der Waals surface area contributed by atoms with Crippen LogP contribution in [0.25, 0.3) is 0 Å². The monoisotopic (exact) mass is 226 g/mol. The van der Waals surface area contributed by atoms with Crippen LogP contribution in [0.2, 0.25) is 0 Å². The number of hydrogen-bond acceptors (Lipinski definition) is 2. The molecule has 1 aliphatic rings. The zero-order valence-corrected chi connectivity index (χ0v) is 11.2. The van der Waals surface area contributed by atoms with Gasteiger partial charge >= 0.3 is 0 Å². The van der Waals surface area contributed by atoms with E-state index in [9.17, 15) is 4.79 Å². The lowest BCUT2D eigenvalue weighted by molar-refractivity contribution is -0.133. The van der Waals surface area contributed by atoms with Gasteiger partial charge in [-0.1, -0.05) is 13.8 Å². The Morgan fingerprint density at radius 2 is 1.75 bits per heavy atom. The predicted octanol–water partition coefficient (Wildman–Crippen LogP) is 1.98. The zero-order valence-electron chi connectivity index (χ0n) is 11.2. The van der Waals surface area contributed by atoms with Gasteiger partial charge in [0.05, 0.1) is 6.54 Å². The van der Waals surface area contributed by atoms with Crippen LogP contribution in [0.15, 0.2) is 0 Å². The Kier molecular flexibility index (Phi) is 5.26. The van der Waals surface area contributed by atoms with E-state index in [1.165, 1.54) is 25.7 Å². The van der Waals surface area contributed by atoms with E-state index in [-0.39, 0.29) is 5.91 Å². The van der Waals surface area contributed by atoms with Crippen LogP contribution < -0.4 is 0 Å². The first-order chi connectivity index (χ1) is 7.54. The van der Waals surface area contributed by atoms with Crippen molar-refractivity contribution in [1.82, 2.24) is 9.80 Å². The molecule has 1 rings (SSSR count). The lowest BCUT2D eigenvalue weighted by Crippen LogP contribution is -2.43. The maximum atomic E-state index is 12.0. The van der Waals surface area contributed by atoms with Gasteiger partial charge in [-0.05, 0) is 45.2 Å². The number of rotatable bonds is 4. The summed E-state index contributed by atoms with van der Waals surface area (Å²) in [4.78, 5) is 16.0. The number of nitrogens with zero attached hydrogens (tertiary/aromatic N) is 2. The number of likely N-dealkylation sites (N-methyl/N-ethyl adjacent to an activating group) is 2. The van der Waals surface area contributed by atoms with Crippen molar-refractivity contribution in [2.24, 2.45) is 5.92 Å². The van der Waals surface area contributed by atoms with Crippen LogP contribution >= 0.6 is 0 Å². The highest BCUT2D eigenvalue weighted by Crippen LogP contribution is 2.26. The molecule has 0 unspecified atom stereocenters. The normalized spacial score (nSPS) is 25.8. The van der Waals surface area contributed by atoms with Crippen molar-refractivity contribution in [3.63, 3.8) is 0 Å². The first kappa shape index (κ1) is 13.5. The maximum Gasteiger partial charge on any atom is 0.236 e. The van der Waals surface area contributed by atoms with E-state index in [1.54, 1.807) is 0 Å². The third-order valence-electron chi connectivity index (χ3n) is 3.87. The van der Waals surface area contributed by atoms with Gasteiger partial charge < -0.3 is 4.90 Å². The summed E-state index contributed by atoms with van der Waals surface area (Å²) >= 11 is 0. The molecule has 16 heavy (non-hydrogen) atoms. The average Bonchev–Trinajstić information content (AvgIpc) is 2.28. The number of amides is 1. The van der Waals surface area contributed by atoms with Crippen molar-refractivity contribution >= 4 is 5.91 Å².